The van der Waals surface area contributed by atoms with Crippen LogP contribution in [0.3, 0.4) is 0 Å². The maximum atomic E-state index is 13.3. The molecule has 0 aromatic carbocycles. The van der Waals surface area contributed by atoms with E-state index in [4.69, 9.17) is 12.0 Å². The smallest absolute Gasteiger partial charge is 0.246 e. The number of carbonyl (C=O) groups excluding carboxylic acids is 6. The maximum absolute atomic E-state index is 13.3. The van der Waals surface area contributed by atoms with Gasteiger partial charge in [0.15, 0.2) is 0 Å². The van der Waals surface area contributed by atoms with Gasteiger partial charge in [0, 0.05) is 24.4 Å². The average molecular weight is 576 g/mol. The number of hydrogen-bond donors (Lipinski definition) is 5. The van der Waals surface area contributed by atoms with Crippen LogP contribution in [0.15, 0.2) is 5.11 Å². The van der Waals surface area contributed by atoms with Gasteiger partial charge in [-0.15, -0.1) is 6.42 Å². The van der Waals surface area contributed by atoms with Gasteiger partial charge in [-0.25, -0.2) is 0 Å². The molecular weight excluding hydrogens is 534 g/mol. The summed E-state index contributed by atoms with van der Waals surface area (Å²) in [6, 6.07) is -2.62. The number of azide groups is 1. The monoisotopic (exact) mass is 575 g/mol. The molecule has 0 aliphatic carbocycles. The zero-order valence-corrected chi connectivity index (χ0v) is 24.1. The molecule has 1 heterocycles. The highest BCUT2D eigenvalue weighted by molar-refractivity contribution is 5.95. The zero-order chi connectivity index (χ0) is 30.9. The van der Waals surface area contributed by atoms with Crippen LogP contribution in [0.2, 0.25) is 0 Å². The summed E-state index contributed by atoms with van der Waals surface area (Å²) in [5, 5.41) is 16.0. The van der Waals surface area contributed by atoms with Crippen molar-refractivity contribution >= 4 is 35.4 Å². The lowest BCUT2D eigenvalue weighted by Gasteiger charge is -2.30. The molecule has 0 aromatic rings. The molecule has 5 N–H and O–H groups in total. The van der Waals surface area contributed by atoms with Crippen LogP contribution in [0.5, 0.6) is 0 Å². The average Bonchev–Trinajstić information content (AvgIpc) is 3.42. The van der Waals surface area contributed by atoms with E-state index in [1.807, 2.05) is 0 Å². The molecule has 226 valence electrons. The summed E-state index contributed by atoms with van der Waals surface area (Å²) in [6.07, 6.45) is 6.47. The van der Waals surface area contributed by atoms with Crippen molar-refractivity contribution in [3.63, 3.8) is 0 Å². The molecule has 1 fully saturated rings. The SMILES string of the molecule is C#CCNC(=O)CNC(=O)[C@@H](NC(=O)CNC(=O)[C@H]1CCCN1C(=O)[C@@H](NC(=O)CCCN=[N+]=[N-])C(C)C)C(C)C. The summed E-state index contributed by atoms with van der Waals surface area (Å²) in [7, 11) is 0. The summed E-state index contributed by atoms with van der Waals surface area (Å²) >= 11 is 0. The van der Waals surface area contributed by atoms with Crippen molar-refractivity contribution in [2.24, 2.45) is 17.0 Å². The fraction of sp³-hybridized carbons (Fsp3) is 0.692. The molecular formula is C26H41N9O6. The number of carbonyl (C=O) groups is 6. The molecule has 1 saturated heterocycles. The second-order valence-corrected chi connectivity index (χ2v) is 10.2. The first-order valence-corrected chi connectivity index (χ1v) is 13.6. The minimum atomic E-state index is -0.952. The van der Waals surface area contributed by atoms with Gasteiger partial charge in [-0.05, 0) is 36.6 Å². The molecule has 0 spiro atoms. The molecule has 0 saturated carbocycles. The molecule has 0 unspecified atom stereocenters. The molecule has 1 aliphatic heterocycles. The second kappa shape index (κ2) is 18.1. The van der Waals surface area contributed by atoms with Crippen molar-refractivity contribution in [3.8, 4) is 12.3 Å². The van der Waals surface area contributed by atoms with E-state index in [9.17, 15) is 28.8 Å². The molecule has 15 heteroatoms. The zero-order valence-electron chi connectivity index (χ0n) is 24.1. The van der Waals surface area contributed by atoms with Gasteiger partial charge in [0.2, 0.25) is 35.4 Å². The number of amides is 6. The van der Waals surface area contributed by atoms with E-state index in [0.29, 0.717) is 25.8 Å². The van der Waals surface area contributed by atoms with Gasteiger partial charge in [0.05, 0.1) is 19.6 Å². The van der Waals surface area contributed by atoms with E-state index < -0.39 is 54.2 Å². The molecule has 0 bridgehead atoms. The Morgan fingerprint density at radius 1 is 0.951 bits per heavy atom. The molecule has 1 rings (SSSR count). The fourth-order valence-corrected chi connectivity index (χ4v) is 4.13. The molecule has 3 atom stereocenters. The number of terminal acetylenes is 1. The first kappa shape index (κ1) is 34.7. The Balaban J connectivity index is 2.70. The Kier molecular flexibility index (Phi) is 15.3. The summed E-state index contributed by atoms with van der Waals surface area (Å²) in [5.41, 5.74) is 8.34. The first-order chi connectivity index (χ1) is 19.4. The standard InChI is InChI=1S/C26H41N9O6/c1-6-11-28-20(37)14-30-25(40)22(16(2)3)33-21(38)15-29-24(39)18-9-8-13-35(18)26(41)23(17(4)5)32-19(36)10-7-12-31-34-27/h1,16-18,22-23H,7-15H2,2-5H3,(H,28,37)(H,29,39)(H,30,40)(H,32,36)(H,33,38)/t18-,22+,23+/m1/s1. The molecule has 15 nitrogen and oxygen atoms in total. The van der Waals surface area contributed by atoms with Crippen molar-refractivity contribution in [1.82, 2.24) is 31.5 Å². The highest BCUT2D eigenvalue weighted by Gasteiger charge is 2.38. The van der Waals surface area contributed by atoms with Crippen LogP contribution in [0.4, 0.5) is 0 Å². The van der Waals surface area contributed by atoms with Crippen molar-refractivity contribution in [3.05, 3.63) is 10.4 Å². The largest absolute Gasteiger partial charge is 0.345 e. The summed E-state index contributed by atoms with van der Waals surface area (Å²) in [4.78, 5) is 79.4. The normalized spacial score (nSPS) is 15.6. The highest BCUT2D eigenvalue weighted by atomic mass is 16.2. The van der Waals surface area contributed by atoms with Gasteiger partial charge in [-0.3, -0.25) is 28.8 Å². The van der Waals surface area contributed by atoms with Gasteiger partial charge < -0.3 is 31.5 Å². The third-order valence-electron chi connectivity index (χ3n) is 6.31. The predicted molar refractivity (Wildman–Crippen MR) is 149 cm³/mol. The van der Waals surface area contributed by atoms with Crippen LogP contribution < -0.4 is 26.6 Å². The van der Waals surface area contributed by atoms with Crippen LogP contribution in [0, 0.1) is 24.2 Å². The molecule has 6 amide bonds. The Hall–Kier alpha value is -4.31. The van der Waals surface area contributed by atoms with E-state index in [1.54, 1.807) is 27.7 Å². The molecule has 1 aliphatic rings. The van der Waals surface area contributed by atoms with Crippen LogP contribution in [0.1, 0.15) is 53.4 Å². The number of nitrogens with one attached hydrogen (secondary N) is 5. The van der Waals surface area contributed by atoms with Crippen molar-refractivity contribution in [2.45, 2.75) is 71.5 Å². The number of likely N-dealkylation sites (tertiary alicyclic amines) is 1. The van der Waals surface area contributed by atoms with Crippen LogP contribution in [-0.2, 0) is 28.8 Å². The molecule has 0 aromatic heterocycles. The maximum Gasteiger partial charge on any atom is 0.246 e. The minimum absolute atomic E-state index is 0.0235. The summed E-state index contributed by atoms with van der Waals surface area (Å²) in [5.74, 6) is -1.25. The van der Waals surface area contributed by atoms with E-state index in [-0.39, 0.29) is 43.8 Å². The second-order valence-electron chi connectivity index (χ2n) is 10.2. The minimum Gasteiger partial charge on any atom is -0.345 e. The number of nitrogens with zero attached hydrogens (tertiary/aromatic N) is 4. The molecule has 0 radical (unpaired) electrons. The quantitative estimate of drug-likeness (QED) is 0.0528. The van der Waals surface area contributed by atoms with Gasteiger partial charge in [-0.2, -0.15) is 0 Å². The summed E-state index contributed by atoms with van der Waals surface area (Å²) in [6.45, 7) is 6.77. The van der Waals surface area contributed by atoms with Gasteiger partial charge in [0.25, 0.3) is 0 Å². The fourth-order valence-electron chi connectivity index (χ4n) is 4.13. The van der Waals surface area contributed by atoms with Crippen LogP contribution >= 0.6 is 0 Å². The predicted octanol–water partition coefficient (Wildman–Crippen LogP) is -0.669. The number of rotatable bonds is 16. The Labute approximate surface area is 239 Å². The highest BCUT2D eigenvalue weighted by Crippen LogP contribution is 2.20. The lowest BCUT2D eigenvalue weighted by Crippen LogP contribution is -2.56. The van der Waals surface area contributed by atoms with Crippen molar-refractivity contribution in [2.75, 3.05) is 32.7 Å². The van der Waals surface area contributed by atoms with E-state index in [2.05, 4.69) is 42.5 Å². The lowest BCUT2D eigenvalue weighted by molar-refractivity contribution is -0.142. The third kappa shape index (κ3) is 12.2. The van der Waals surface area contributed by atoms with Gasteiger partial charge >= 0.3 is 0 Å². The first-order valence-electron chi connectivity index (χ1n) is 13.6. The third-order valence-corrected chi connectivity index (χ3v) is 6.31. The van der Waals surface area contributed by atoms with Crippen molar-refractivity contribution in [1.29, 1.82) is 0 Å². The van der Waals surface area contributed by atoms with Crippen LogP contribution in [-0.4, -0.2) is 91.2 Å². The number of hydrogen-bond acceptors (Lipinski definition) is 7. The molecule has 41 heavy (non-hydrogen) atoms. The lowest BCUT2D eigenvalue weighted by atomic mass is 10.0. The Morgan fingerprint density at radius 3 is 2.20 bits per heavy atom. The van der Waals surface area contributed by atoms with Crippen LogP contribution in [0.25, 0.3) is 10.4 Å². The van der Waals surface area contributed by atoms with Crippen molar-refractivity contribution < 1.29 is 28.8 Å². The summed E-state index contributed by atoms with van der Waals surface area (Å²) < 4.78 is 0. The van der Waals surface area contributed by atoms with E-state index >= 15 is 0 Å². The van der Waals surface area contributed by atoms with Gasteiger partial charge in [0.1, 0.15) is 18.1 Å². The topological polar surface area (TPSA) is 215 Å². The Bertz CT molecular complexity index is 1050. The van der Waals surface area contributed by atoms with E-state index in [0.717, 1.165) is 0 Å². The van der Waals surface area contributed by atoms with E-state index in [1.165, 1.54) is 4.90 Å². The van der Waals surface area contributed by atoms with Gasteiger partial charge in [-0.1, -0.05) is 38.7 Å². The Morgan fingerprint density at radius 2 is 1.59 bits per heavy atom.